The normalized spacial score (nSPS) is 26.4. The number of aromatic amines is 1. The largest absolute Gasteiger partial charge is 0.395 e. The highest BCUT2D eigenvalue weighted by molar-refractivity contribution is 6.00. The van der Waals surface area contributed by atoms with Gasteiger partial charge in [-0.3, -0.25) is 4.79 Å². The number of carbonyl (C=O) groups excluding carboxylic acids is 1. The van der Waals surface area contributed by atoms with Crippen molar-refractivity contribution in [1.29, 1.82) is 0 Å². The topological polar surface area (TPSA) is 195 Å². The van der Waals surface area contributed by atoms with Gasteiger partial charge in [0.1, 0.15) is 17.9 Å². The van der Waals surface area contributed by atoms with Crippen molar-refractivity contribution in [2.75, 3.05) is 18.5 Å². The number of aliphatic hydroxyl groups is 3. The molecule has 11 nitrogen and oxygen atoms in total. The second kappa shape index (κ2) is 8.25. The summed E-state index contributed by atoms with van der Waals surface area (Å²) >= 11 is 0. The van der Waals surface area contributed by atoms with Gasteiger partial charge in [0.15, 0.2) is 5.82 Å². The van der Waals surface area contributed by atoms with E-state index >= 15 is 0 Å². The number of hydrogen-bond donors (Lipinski definition) is 8. The second-order valence-corrected chi connectivity index (χ2v) is 6.63. The first-order valence-electron chi connectivity index (χ1n) is 8.79. The smallest absolute Gasteiger partial charge is 0.242 e. The molecule has 3 heterocycles. The van der Waals surface area contributed by atoms with E-state index < -0.39 is 30.3 Å². The number of aliphatic hydroxyl groups excluding tert-OH is 3. The van der Waals surface area contributed by atoms with Crippen LogP contribution in [0.2, 0.25) is 0 Å². The molecule has 0 aromatic carbocycles. The van der Waals surface area contributed by atoms with Crippen LogP contribution in [0.25, 0.3) is 11.0 Å². The average molecular weight is 379 g/mol. The van der Waals surface area contributed by atoms with E-state index in [1.54, 1.807) is 6.20 Å². The molecule has 1 fully saturated rings. The Morgan fingerprint density at radius 3 is 2.78 bits per heavy atom. The fourth-order valence-corrected chi connectivity index (χ4v) is 3.27. The van der Waals surface area contributed by atoms with Crippen LogP contribution in [-0.4, -0.2) is 73.6 Å². The van der Waals surface area contributed by atoms with Gasteiger partial charge in [-0.15, -0.1) is 0 Å². The van der Waals surface area contributed by atoms with Crippen LogP contribution >= 0.6 is 0 Å². The standard InChI is InChI=1S/C16H25N7O4/c17-3-1-2-8(18)16(27)23-15-12-10(20-6-21-15)7(4-19-12)11-14(26)13(25)9(5-24)22-11/h4,6,8-9,11,13-14,19,22,24-26H,1-3,5,17-18H2,(H,20,21,23,27)/t8-,9+,11-,13+,14-/m0/s1. The molecule has 2 aromatic heterocycles. The summed E-state index contributed by atoms with van der Waals surface area (Å²) in [5.74, 6) is -0.111. The van der Waals surface area contributed by atoms with Crippen molar-refractivity contribution in [2.24, 2.45) is 11.5 Å². The molecule has 1 aliphatic heterocycles. The van der Waals surface area contributed by atoms with Gasteiger partial charge < -0.3 is 42.4 Å². The minimum Gasteiger partial charge on any atom is -0.395 e. The molecule has 0 aliphatic carbocycles. The van der Waals surface area contributed by atoms with Crippen LogP contribution in [-0.2, 0) is 4.79 Å². The number of hydrogen-bond acceptors (Lipinski definition) is 9. The summed E-state index contributed by atoms with van der Waals surface area (Å²) in [7, 11) is 0. The number of nitrogens with zero attached hydrogens (tertiary/aromatic N) is 2. The van der Waals surface area contributed by atoms with E-state index in [9.17, 15) is 20.1 Å². The quantitative estimate of drug-likeness (QED) is 0.261. The first kappa shape index (κ1) is 19.6. The molecule has 1 aliphatic rings. The van der Waals surface area contributed by atoms with E-state index in [0.717, 1.165) is 0 Å². The Morgan fingerprint density at radius 1 is 1.33 bits per heavy atom. The van der Waals surface area contributed by atoms with Gasteiger partial charge in [-0.05, 0) is 19.4 Å². The summed E-state index contributed by atoms with van der Waals surface area (Å²) < 4.78 is 0. The summed E-state index contributed by atoms with van der Waals surface area (Å²) in [6.45, 7) is 0.143. The average Bonchev–Trinajstić information content (AvgIpc) is 3.22. The lowest BCUT2D eigenvalue weighted by Crippen LogP contribution is -2.36. The molecule has 11 heteroatoms. The second-order valence-electron chi connectivity index (χ2n) is 6.63. The van der Waals surface area contributed by atoms with Gasteiger partial charge in [0.2, 0.25) is 5.91 Å². The highest BCUT2D eigenvalue weighted by Gasteiger charge is 2.42. The lowest BCUT2D eigenvalue weighted by Gasteiger charge is -2.15. The number of rotatable bonds is 7. The Kier molecular flexibility index (Phi) is 5.99. The summed E-state index contributed by atoms with van der Waals surface area (Å²) in [6, 6.07) is -1.97. The fourth-order valence-electron chi connectivity index (χ4n) is 3.27. The minimum absolute atomic E-state index is 0.270. The summed E-state index contributed by atoms with van der Waals surface area (Å²) in [6.07, 6.45) is 1.80. The maximum atomic E-state index is 12.2. The monoisotopic (exact) mass is 379 g/mol. The van der Waals surface area contributed by atoms with Crippen molar-refractivity contribution in [1.82, 2.24) is 20.3 Å². The molecule has 5 atom stereocenters. The zero-order valence-corrected chi connectivity index (χ0v) is 14.7. The Morgan fingerprint density at radius 2 is 2.11 bits per heavy atom. The predicted molar refractivity (Wildman–Crippen MR) is 97.5 cm³/mol. The van der Waals surface area contributed by atoms with Gasteiger partial charge in [-0.1, -0.05) is 0 Å². The van der Waals surface area contributed by atoms with E-state index in [2.05, 4.69) is 25.6 Å². The predicted octanol–water partition coefficient (Wildman–Crippen LogP) is -2.31. The fraction of sp³-hybridized carbons (Fsp3) is 0.562. The Balaban J connectivity index is 1.84. The molecule has 0 unspecified atom stereocenters. The van der Waals surface area contributed by atoms with Gasteiger partial charge in [0.25, 0.3) is 0 Å². The third kappa shape index (κ3) is 3.78. The number of fused-ring (bicyclic) bond motifs is 1. The first-order chi connectivity index (χ1) is 13.0. The van der Waals surface area contributed by atoms with Crippen LogP contribution in [0, 0.1) is 0 Å². The molecule has 148 valence electrons. The number of nitrogens with one attached hydrogen (secondary N) is 3. The van der Waals surface area contributed by atoms with Crippen molar-refractivity contribution >= 4 is 22.8 Å². The molecule has 1 saturated heterocycles. The van der Waals surface area contributed by atoms with E-state index in [1.807, 2.05) is 0 Å². The molecule has 0 spiro atoms. The Hall–Kier alpha value is -2.15. The zero-order chi connectivity index (χ0) is 19.6. The molecule has 1 amide bonds. The van der Waals surface area contributed by atoms with Gasteiger partial charge >= 0.3 is 0 Å². The van der Waals surface area contributed by atoms with Crippen LogP contribution in [0.3, 0.4) is 0 Å². The highest BCUT2D eigenvalue weighted by atomic mass is 16.3. The van der Waals surface area contributed by atoms with Crippen LogP contribution in [0.1, 0.15) is 24.4 Å². The third-order valence-corrected chi connectivity index (χ3v) is 4.82. The van der Waals surface area contributed by atoms with Crippen molar-refractivity contribution < 1.29 is 20.1 Å². The summed E-state index contributed by atoms with van der Waals surface area (Å²) in [4.78, 5) is 23.5. The highest BCUT2D eigenvalue weighted by Crippen LogP contribution is 2.33. The number of H-pyrrole nitrogens is 1. The molecular formula is C16H25N7O4. The number of carbonyl (C=O) groups is 1. The maximum Gasteiger partial charge on any atom is 0.242 e. The van der Waals surface area contributed by atoms with Crippen molar-refractivity contribution in [2.45, 2.75) is 43.2 Å². The molecule has 10 N–H and O–H groups in total. The third-order valence-electron chi connectivity index (χ3n) is 4.82. The minimum atomic E-state index is -1.11. The summed E-state index contributed by atoms with van der Waals surface area (Å²) in [5, 5.41) is 35.3. The number of amides is 1. The molecule has 0 saturated carbocycles. The van der Waals surface area contributed by atoms with Crippen LogP contribution < -0.4 is 22.1 Å². The van der Waals surface area contributed by atoms with Crippen molar-refractivity contribution in [3.05, 3.63) is 18.1 Å². The SMILES string of the molecule is NCCC[C@H](N)C(=O)Nc1ncnc2c([C@@H]3N[C@H](CO)[C@@H](O)[C@H]3O)c[nH]c12. The van der Waals surface area contributed by atoms with Gasteiger partial charge in [-0.2, -0.15) is 0 Å². The van der Waals surface area contributed by atoms with Crippen LogP contribution in [0.5, 0.6) is 0 Å². The number of anilines is 1. The van der Waals surface area contributed by atoms with Gasteiger partial charge in [0, 0.05) is 11.8 Å². The molecule has 0 radical (unpaired) electrons. The molecular weight excluding hydrogens is 354 g/mol. The van der Waals surface area contributed by atoms with E-state index in [4.69, 9.17) is 11.5 Å². The van der Waals surface area contributed by atoms with Crippen molar-refractivity contribution in [3.8, 4) is 0 Å². The van der Waals surface area contributed by atoms with E-state index in [0.29, 0.717) is 36.0 Å². The molecule has 2 aromatic rings. The Bertz CT molecular complexity index is 798. The molecule has 3 rings (SSSR count). The lowest BCUT2D eigenvalue weighted by molar-refractivity contribution is -0.117. The van der Waals surface area contributed by atoms with Crippen molar-refractivity contribution in [3.63, 3.8) is 0 Å². The van der Waals surface area contributed by atoms with E-state index in [-0.39, 0.29) is 18.3 Å². The molecule has 27 heavy (non-hydrogen) atoms. The van der Waals surface area contributed by atoms with Crippen LogP contribution in [0.15, 0.2) is 12.5 Å². The zero-order valence-electron chi connectivity index (χ0n) is 14.7. The number of aromatic nitrogens is 3. The van der Waals surface area contributed by atoms with Gasteiger partial charge in [-0.25, -0.2) is 9.97 Å². The Labute approximate surface area is 155 Å². The van der Waals surface area contributed by atoms with Gasteiger partial charge in [0.05, 0.1) is 36.4 Å². The molecule has 0 bridgehead atoms. The van der Waals surface area contributed by atoms with E-state index in [1.165, 1.54) is 6.33 Å². The van der Waals surface area contributed by atoms with Crippen LogP contribution in [0.4, 0.5) is 5.82 Å². The first-order valence-corrected chi connectivity index (χ1v) is 8.79. The number of nitrogens with two attached hydrogens (primary N) is 2. The maximum absolute atomic E-state index is 12.2. The summed E-state index contributed by atoms with van der Waals surface area (Å²) in [5.41, 5.74) is 12.8. The lowest BCUT2D eigenvalue weighted by atomic mass is 10.0.